The first-order valence-corrected chi connectivity index (χ1v) is 0. The maximum atomic E-state index is 0. The average molecular weight is 678 g/mol. The van der Waals surface area contributed by atoms with E-state index < -0.39 is 0 Å². The summed E-state index contributed by atoms with van der Waals surface area (Å²) in [5.74, 6) is 0. The van der Waals surface area contributed by atoms with Gasteiger partial charge in [0.05, 0.1) is 0 Å². The van der Waals surface area contributed by atoms with Crippen LogP contribution in [0.3, 0.4) is 0 Å². The molecule has 6 heavy (non-hydrogen) atoms. The Labute approximate surface area is 163 Å². The molecule has 0 amide bonds. The van der Waals surface area contributed by atoms with Gasteiger partial charge in [-0.1, -0.05) is 0 Å². The third-order valence-corrected chi connectivity index (χ3v) is 0. The van der Waals surface area contributed by atoms with Gasteiger partial charge in [-0.15, -0.1) is 0 Å². The Kier molecular flexibility index (Phi) is 222. The average Bonchev–Trinajstić information content (AvgIpc) is 0. The molecular weight excluding hydrogens is 678 g/mol. The minimum absolute atomic E-state index is 0. The molecule has 0 atom stereocenters. The zero-order valence-electron chi connectivity index (χ0n) is 3.03. The fraction of sp³-hybridized carbons (Fsp3) is 0. The zero-order chi connectivity index (χ0) is 0. The molecule has 1 nitrogen and oxygen atoms in total. The van der Waals surface area contributed by atoms with Gasteiger partial charge in [0.25, 0.3) is 0 Å². The van der Waals surface area contributed by atoms with Gasteiger partial charge in [0, 0.05) is 142 Å². The summed E-state index contributed by atoms with van der Waals surface area (Å²) in [7, 11) is 0. The molecule has 0 bridgehead atoms. The quantitative estimate of drug-likeness (QED) is 0.321. The minimum Gasteiger partial charge on any atom is -2.00 e. The number of rotatable bonds is 0. The number of hydrogen-bond acceptors (Lipinski definition) is 0. The van der Waals surface area contributed by atoms with E-state index in [1.165, 1.54) is 0 Å². The van der Waals surface area contributed by atoms with E-state index in [2.05, 4.69) is 0 Å². The molecule has 0 unspecified atom stereocenters. The van der Waals surface area contributed by atoms with E-state index in [-0.39, 0.29) is 168 Å². The van der Waals surface area contributed by atoms with Crippen LogP contribution in [0.25, 0.3) is 0 Å². The zero-order valence-corrected chi connectivity index (χ0v) is 19.1. The van der Waals surface area contributed by atoms with E-state index in [4.69, 9.17) is 0 Å². The van der Waals surface area contributed by atoms with Crippen molar-refractivity contribution in [1.82, 2.24) is 0 Å². The van der Waals surface area contributed by atoms with Crippen molar-refractivity contribution in [3.05, 3.63) is 0 Å². The molecule has 0 rings (SSSR count). The maximum absolute atomic E-state index is 0. The van der Waals surface area contributed by atoms with Crippen molar-refractivity contribution < 1.29 is 168 Å². The van der Waals surface area contributed by atoms with Crippen LogP contribution < -0.4 is 0 Å². The summed E-state index contributed by atoms with van der Waals surface area (Å²) in [6.07, 6.45) is 0. The molecule has 0 saturated carbocycles. The van der Waals surface area contributed by atoms with E-state index in [0.29, 0.717) is 0 Å². The first-order chi connectivity index (χ1) is 0. The Morgan fingerprint density at radius 1 is 0.500 bits per heavy atom. The molecule has 0 saturated heterocycles. The first kappa shape index (κ1) is 42.3. The van der Waals surface area contributed by atoms with Crippen LogP contribution in [0, 0.1) is 142 Å². The molecule has 6 heteroatoms. The minimum atomic E-state index is 0. The monoisotopic (exact) mass is 678 g/mol. The molecule has 0 aromatic carbocycles. The smallest absolute Gasteiger partial charge is 2.00 e. The molecule has 0 heterocycles. The van der Waals surface area contributed by atoms with E-state index in [1.807, 2.05) is 0 Å². The normalized spacial score (nSPS) is 0. The molecule has 0 aromatic heterocycles. The predicted molar refractivity (Wildman–Crippen MR) is 0.686 cm³/mol. The second-order valence-corrected chi connectivity index (χ2v) is 0. The van der Waals surface area contributed by atoms with Gasteiger partial charge in [-0.25, -0.2) is 0 Å². The van der Waals surface area contributed by atoms with Crippen LogP contribution in [0.15, 0.2) is 0 Å². The maximum Gasteiger partial charge on any atom is 2.00 e. The van der Waals surface area contributed by atoms with Crippen LogP contribution in [-0.2, 0) is 25.9 Å². The van der Waals surface area contributed by atoms with Crippen LogP contribution >= 0.6 is 0 Å². The Bertz CT molecular complexity index is 7.51. The molecule has 0 aliphatic rings. The van der Waals surface area contributed by atoms with Crippen LogP contribution in [0.4, 0.5) is 0 Å². The summed E-state index contributed by atoms with van der Waals surface area (Å²) < 4.78 is 0. The summed E-state index contributed by atoms with van der Waals surface area (Å²) in [6.45, 7) is 0. The van der Waals surface area contributed by atoms with E-state index in [0.717, 1.165) is 0 Å². The Morgan fingerprint density at radius 3 is 0.500 bits per heavy atom. The Hall–Kier alpha value is 5.40. The van der Waals surface area contributed by atoms with Crippen molar-refractivity contribution >= 4 is 0 Å². The van der Waals surface area contributed by atoms with Crippen LogP contribution in [-0.4, -0.2) is 0 Å². The van der Waals surface area contributed by atoms with Crippen molar-refractivity contribution in [2.45, 2.75) is 0 Å². The van der Waals surface area contributed by atoms with Gasteiger partial charge in [-0.3, -0.25) is 0 Å². The van der Waals surface area contributed by atoms with Crippen molar-refractivity contribution in [3.63, 3.8) is 0 Å². The summed E-state index contributed by atoms with van der Waals surface area (Å²) in [5, 5.41) is 0. The summed E-state index contributed by atoms with van der Waals surface area (Å²) >= 11 is 0. The summed E-state index contributed by atoms with van der Waals surface area (Å²) in [4.78, 5) is 0. The van der Waals surface area contributed by atoms with Gasteiger partial charge in [0.15, 0.2) is 0 Å². The van der Waals surface area contributed by atoms with E-state index >= 15 is 0 Å². The van der Waals surface area contributed by atoms with Gasteiger partial charge in [-0.05, 0) is 0 Å². The first-order valence-electron chi connectivity index (χ1n) is 0. The van der Waals surface area contributed by atoms with Crippen molar-refractivity contribution in [2.24, 2.45) is 0 Å². The second-order valence-electron chi connectivity index (χ2n) is 0. The topological polar surface area (TPSA) is 28.5 Å². The SMILES string of the molecule is [La].[La].[La].[La].[O-2].[Pd+2]. The molecule has 4 radical (unpaired) electrons. The van der Waals surface area contributed by atoms with Gasteiger partial charge in [0.1, 0.15) is 0 Å². The third-order valence-electron chi connectivity index (χ3n) is 0. The molecule has 0 aliphatic heterocycles. The second kappa shape index (κ2) is 31.5. The summed E-state index contributed by atoms with van der Waals surface area (Å²) in [5.41, 5.74) is 0. The Morgan fingerprint density at radius 2 is 0.500 bits per heavy atom. The van der Waals surface area contributed by atoms with Gasteiger partial charge < -0.3 is 5.48 Å². The van der Waals surface area contributed by atoms with Crippen molar-refractivity contribution in [3.8, 4) is 0 Å². The van der Waals surface area contributed by atoms with E-state index in [9.17, 15) is 0 Å². The van der Waals surface area contributed by atoms with Crippen LogP contribution in [0.1, 0.15) is 0 Å². The fourth-order valence-electron chi connectivity index (χ4n) is 0. The standard InChI is InChI=1S/4La.O.Pd/q;;;;-2;+2. The van der Waals surface area contributed by atoms with Crippen LogP contribution in [0.2, 0.25) is 0 Å². The predicted octanol–water partition coefficient (Wildman–Crippen LogP) is -0.121. The Balaban J connectivity index is 0. The van der Waals surface area contributed by atoms with Crippen molar-refractivity contribution in [2.75, 3.05) is 0 Å². The van der Waals surface area contributed by atoms with Gasteiger partial charge >= 0.3 is 20.4 Å². The fourth-order valence-corrected chi connectivity index (χ4v) is 0. The van der Waals surface area contributed by atoms with E-state index in [1.54, 1.807) is 0 Å². The molecule has 0 N–H and O–H groups in total. The molecule has 0 fully saturated rings. The third kappa shape index (κ3) is 22.7. The molecule has 0 aliphatic carbocycles. The molecule has 28 valence electrons. The molecular formula is La4OPd. The summed E-state index contributed by atoms with van der Waals surface area (Å²) in [6, 6.07) is 0. The van der Waals surface area contributed by atoms with Gasteiger partial charge in [0.2, 0.25) is 0 Å². The van der Waals surface area contributed by atoms with Gasteiger partial charge in [-0.2, -0.15) is 0 Å². The van der Waals surface area contributed by atoms with Crippen LogP contribution in [0.5, 0.6) is 0 Å². The molecule has 0 spiro atoms. The molecule has 0 aromatic rings. The number of hydrogen-bond donors (Lipinski definition) is 0. The largest absolute Gasteiger partial charge is 2.00 e. The van der Waals surface area contributed by atoms with Crippen molar-refractivity contribution in [1.29, 1.82) is 0 Å².